The average Bonchev–Trinajstić information content (AvgIpc) is 2.30. The molecule has 2 heteroatoms. The minimum absolute atomic E-state index is 0.249. The summed E-state index contributed by atoms with van der Waals surface area (Å²) in [5.74, 6) is 0.509. The van der Waals surface area contributed by atoms with Crippen molar-refractivity contribution in [3.8, 4) is 0 Å². The van der Waals surface area contributed by atoms with Gasteiger partial charge in [0.05, 0.1) is 6.61 Å². The van der Waals surface area contributed by atoms with Gasteiger partial charge in [-0.2, -0.15) is 0 Å². The third-order valence-electron chi connectivity index (χ3n) is 2.32. The molecular formula is C8H15NO. The van der Waals surface area contributed by atoms with E-state index in [1.165, 1.54) is 5.57 Å². The van der Waals surface area contributed by atoms with Gasteiger partial charge in [-0.15, -0.1) is 0 Å². The molecule has 2 atom stereocenters. The summed E-state index contributed by atoms with van der Waals surface area (Å²) in [6, 6.07) is 0.284. The van der Waals surface area contributed by atoms with E-state index in [2.05, 4.69) is 18.3 Å². The first-order chi connectivity index (χ1) is 4.79. The van der Waals surface area contributed by atoms with Crippen LogP contribution in [0.1, 0.15) is 13.8 Å². The molecule has 0 amide bonds. The Hall–Kier alpha value is -0.340. The van der Waals surface area contributed by atoms with Gasteiger partial charge < -0.3 is 10.4 Å². The maximum Gasteiger partial charge on any atom is 0.0590 e. The van der Waals surface area contributed by atoms with Crippen LogP contribution in [0.3, 0.4) is 0 Å². The summed E-state index contributed by atoms with van der Waals surface area (Å²) in [4.78, 5) is 0. The van der Waals surface area contributed by atoms with E-state index in [1.807, 2.05) is 6.92 Å². The fourth-order valence-electron chi connectivity index (χ4n) is 1.43. The Morgan fingerprint density at radius 1 is 1.80 bits per heavy atom. The van der Waals surface area contributed by atoms with Crippen LogP contribution in [-0.4, -0.2) is 24.3 Å². The maximum absolute atomic E-state index is 8.86. The highest BCUT2D eigenvalue weighted by atomic mass is 16.3. The molecule has 0 aliphatic carbocycles. The van der Waals surface area contributed by atoms with Crippen molar-refractivity contribution in [3.63, 3.8) is 0 Å². The van der Waals surface area contributed by atoms with E-state index in [-0.39, 0.29) is 12.6 Å². The van der Waals surface area contributed by atoms with Crippen molar-refractivity contribution in [2.75, 3.05) is 13.2 Å². The van der Waals surface area contributed by atoms with Gasteiger partial charge in [0.2, 0.25) is 0 Å². The Balaban J connectivity index is 2.58. The highest BCUT2D eigenvalue weighted by Gasteiger charge is 2.25. The molecule has 1 unspecified atom stereocenters. The van der Waals surface area contributed by atoms with E-state index in [0.29, 0.717) is 5.92 Å². The van der Waals surface area contributed by atoms with Crippen molar-refractivity contribution in [1.29, 1.82) is 0 Å². The van der Waals surface area contributed by atoms with Gasteiger partial charge in [0, 0.05) is 12.6 Å². The molecule has 0 aromatic heterocycles. The van der Waals surface area contributed by atoms with Crippen molar-refractivity contribution < 1.29 is 5.11 Å². The molecule has 1 fully saturated rings. The Labute approximate surface area is 61.9 Å². The number of hydrogen-bond acceptors (Lipinski definition) is 2. The van der Waals surface area contributed by atoms with Crippen molar-refractivity contribution in [1.82, 2.24) is 5.32 Å². The Morgan fingerprint density at radius 2 is 2.50 bits per heavy atom. The van der Waals surface area contributed by atoms with E-state index in [4.69, 9.17) is 5.11 Å². The van der Waals surface area contributed by atoms with Gasteiger partial charge in [-0.05, 0) is 12.8 Å². The first-order valence-corrected chi connectivity index (χ1v) is 3.79. The number of aliphatic hydroxyl groups is 1. The second kappa shape index (κ2) is 3.17. The monoisotopic (exact) mass is 141 g/mol. The molecule has 0 saturated carbocycles. The van der Waals surface area contributed by atoms with Crippen molar-refractivity contribution in [2.45, 2.75) is 19.9 Å². The first-order valence-electron chi connectivity index (χ1n) is 3.79. The highest BCUT2D eigenvalue weighted by molar-refractivity contribution is 5.15. The molecule has 0 aromatic rings. The van der Waals surface area contributed by atoms with Gasteiger partial charge in [-0.25, -0.2) is 0 Å². The lowest BCUT2D eigenvalue weighted by Gasteiger charge is -2.11. The summed E-state index contributed by atoms with van der Waals surface area (Å²) in [5, 5.41) is 12.1. The van der Waals surface area contributed by atoms with Crippen LogP contribution in [0.4, 0.5) is 0 Å². The van der Waals surface area contributed by atoms with Crippen LogP contribution in [0.5, 0.6) is 0 Å². The Bertz CT molecular complexity index is 142. The number of nitrogens with one attached hydrogen (secondary N) is 1. The molecular weight excluding hydrogens is 126 g/mol. The topological polar surface area (TPSA) is 32.3 Å². The zero-order chi connectivity index (χ0) is 7.56. The molecule has 0 spiro atoms. The van der Waals surface area contributed by atoms with Crippen molar-refractivity contribution in [3.05, 3.63) is 11.6 Å². The molecule has 1 aliphatic heterocycles. The smallest absolute Gasteiger partial charge is 0.0590 e. The van der Waals surface area contributed by atoms with Crippen molar-refractivity contribution >= 4 is 0 Å². The fourth-order valence-corrected chi connectivity index (χ4v) is 1.43. The molecule has 0 radical (unpaired) electrons. The minimum Gasteiger partial charge on any atom is -0.395 e. The molecule has 1 aliphatic rings. The molecule has 1 heterocycles. The van der Waals surface area contributed by atoms with Gasteiger partial charge in [0.25, 0.3) is 0 Å². The maximum atomic E-state index is 8.86. The normalized spacial score (nSPS) is 37.3. The van der Waals surface area contributed by atoms with Crippen molar-refractivity contribution in [2.24, 2.45) is 5.92 Å². The summed E-state index contributed by atoms with van der Waals surface area (Å²) >= 11 is 0. The van der Waals surface area contributed by atoms with E-state index in [1.54, 1.807) is 0 Å². The highest BCUT2D eigenvalue weighted by Crippen LogP contribution is 2.19. The van der Waals surface area contributed by atoms with Crippen LogP contribution in [0.2, 0.25) is 0 Å². The summed E-state index contributed by atoms with van der Waals surface area (Å²) in [5.41, 5.74) is 1.42. The fraction of sp³-hybridized carbons (Fsp3) is 0.750. The van der Waals surface area contributed by atoms with E-state index in [0.717, 1.165) is 6.54 Å². The van der Waals surface area contributed by atoms with E-state index < -0.39 is 0 Å². The van der Waals surface area contributed by atoms with Crippen LogP contribution in [0.25, 0.3) is 0 Å². The number of rotatable bonds is 1. The number of allylic oxidation sites excluding steroid dienone is 1. The predicted octanol–water partition coefficient (Wildman–Crippen LogP) is 0.533. The van der Waals surface area contributed by atoms with E-state index >= 15 is 0 Å². The zero-order valence-electron chi connectivity index (χ0n) is 6.59. The molecule has 10 heavy (non-hydrogen) atoms. The zero-order valence-corrected chi connectivity index (χ0v) is 6.59. The Morgan fingerprint density at radius 3 is 2.80 bits per heavy atom. The largest absolute Gasteiger partial charge is 0.395 e. The van der Waals surface area contributed by atoms with Crippen LogP contribution in [0.15, 0.2) is 11.6 Å². The van der Waals surface area contributed by atoms with Gasteiger partial charge >= 0.3 is 0 Å². The lowest BCUT2D eigenvalue weighted by atomic mass is 9.99. The molecule has 1 saturated heterocycles. The van der Waals surface area contributed by atoms with Gasteiger partial charge in [-0.3, -0.25) is 0 Å². The predicted molar refractivity (Wildman–Crippen MR) is 41.8 cm³/mol. The lowest BCUT2D eigenvalue weighted by Crippen LogP contribution is -2.29. The standard InChI is InChI=1S/C8H15NO/c1-3-7-4-9-8(5-10)6(7)2/h3,6,8-10H,4-5H2,1-2H3/b7-3+/t6?,8-/m1/s1. The van der Waals surface area contributed by atoms with Gasteiger partial charge in [-0.1, -0.05) is 18.6 Å². The molecule has 2 nitrogen and oxygen atoms in total. The van der Waals surface area contributed by atoms with Gasteiger partial charge in [0.1, 0.15) is 0 Å². The van der Waals surface area contributed by atoms with Crippen LogP contribution >= 0.6 is 0 Å². The van der Waals surface area contributed by atoms with Crippen LogP contribution in [-0.2, 0) is 0 Å². The summed E-state index contributed by atoms with van der Waals surface area (Å²) in [7, 11) is 0. The van der Waals surface area contributed by atoms with Crippen LogP contribution < -0.4 is 5.32 Å². The summed E-state index contributed by atoms with van der Waals surface area (Å²) in [6.07, 6.45) is 2.13. The first kappa shape index (κ1) is 7.76. The average molecular weight is 141 g/mol. The molecule has 1 rings (SSSR count). The second-order valence-corrected chi connectivity index (χ2v) is 2.82. The number of aliphatic hydroxyl groups excluding tert-OH is 1. The molecule has 0 aromatic carbocycles. The quantitative estimate of drug-likeness (QED) is 0.522. The second-order valence-electron chi connectivity index (χ2n) is 2.82. The summed E-state index contributed by atoms with van der Waals surface area (Å²) < 4.78 is 0. The molecule has 2 N–H and O–H groups in total. The minimum atomic E-state index is 0.249. The SMILES string of the molecule is C/C=C1\CN[C@H](CO)C1C. The van der Waals surface area contributed by atoms with Gasteiger partial charge in [0.15, 0.2) is 0 Å². The lowest BCUT2D eigenvalue weighted by molar-refractivity contribution is 0.237. The molecule has 58 valence electrons. The van der Waals surface area contributed by atoms with Crippen LogP contribution in [0, 0.1) is 5.92 Å². The Kier molecular flexibility index (Phi) is 2.46. The van der Waals surface area contributed by atoms with E-state index in [9.17, 15) is 0 Å². The number of hydrogen-bond donors (Lipinski definition) is 2. The summed E-state index contributed by atoms with van der Waals surface area (Å²) in [6.45, 7) is 5.39. The third kappa shape index (κ3) is 1.22. The third-order valence-corrected chi connectivity index (χ3v) is 2.32. The molecule has 0 bridgehead atoms.